The van der Waals surface area contributed by atoms with Gasteiger partial charge in [0.15, 0.2) is 0 Å². The van der Waals surface area contributed by atoms with Gasteiger partial charge in [0, 0.05) is 26.7 Å². The van der Waals surface area contributed by atoms with E-state index < -0.39 is 0 Å². The molecule has 17 heavy (non-hydrogen) atoms. The summed E-state index contributed by atoms with van der Waals surface area (Å²) in [5.41, 5.74) is 3.34. The van der Waals surface area contributed by atoms with Crippen LogP contribution in [0.15, 0.2) is 18.2 Å². The average Bonchev–Trinajstić information content (AvgIpc) is 2.72. The largest absolute Gasteiger partial charge is 0.379 e. The first-order chi connectivity index (χ1) is 8.33. The molecule has 0 atom stereocenters. The number of rotatable bonds is 2. The molecule has 5 nitrogen and oxygen atoms in total. The molecule has 2 heterocycles. The van der Waals surface area contributed by atoms with Crippen LogP contribution < -0.4 is 0 Å². The molecule has 0 N–H and O–H groups in total. The van der Waals surface area contributed by atoms with Crippen molar-refractivity contribution in [2.75, 3.05) is 26.3 Å². The van der Waals surface area contributed by atoms with Crippen molar-refractivity contribution in [1.82, 2.24) is 19.9 Å². The fourth-order valence-electron chi connectivity index (χ4n) is 2.20. The molecule has 1 aromatic heterocycles. The second-order valence-corrected chi connectivity index (χ2v) is 4.42. The fraction of sp³-hybridized carbons (Fsp3) is 0.500. The molecule has 90 valence electrons. The summed E-state index contributed by atoms with van der Waals surface area (Å²) in [7, 11) is 1.91. The summed E-state index contributed by atoms with van der Waals surface area (Å²) in [6.07, 6.45) is 0. The minimum Gasteiger partial charge on any atom is -0.379 e. The maximum absolute atomic E-state index is 5.34. The molecule has 5 heteroatoms. The van der Waals surface area contributed by atoms with Crippen molar-refractivity contribution >= 4 is 11.0 Å². The van der Waals surface area contributed by atoms with Crippen LogP contribution in [0.5, 0.6) is 0 Å². The maximum Gasteiger partial charge on any atom is 0.113 e. The lowest BCUT2D eigenvalue weighted by Gasteiger charge is -2.26. The van der Waals surface area contributed by atoms with Crippen LogP contribution in [0.25, 0.3) is 11.0 Å². The zero-order valence-corrected chi connectivity index (χ0v) is 9.96. The number of ether oxygens (including phenoxy) is 1. The number of aryl methyl sites for hydroxylation is 1. The second-order valence-electron chi connectivity index (χ2n) is 4.42. The Morgan fingerprint density at radius 2 is 2.12 bits per heavy atom. The average molecular weight is 232 g/mol. The summed E-state index contributed by atoms with van der Waals surface area (Å²) in [4.78, 5) is 2.40. The number of aromatic nitrogens is 3. The highest BCUT2D eigenvalue weighted by Gasteiger charge is 2.11. The van der Waals surface area contributed by atoms with Crippen LogP contribution in [0.3, 0.4) is 0 Å². The Morgan fingerprint density at radius 1 is 1.29 bits per heavy atom. The van der Waals surface area contributed by atoms with Gasteiger partial charge in [-0.3, -0.25) is 4.90 Å². The maximum atomic E-state index is 5.34. The summed E-state index contributed by atoms with van der Waals surface area (Å²) in [6.45, 7) is 4.67. The smallest absolute Gasteiger partial charge is 0.113 e. The predicted octanol–water partition coefficient (Wildman–Crippen LogP) is 0.800. The van der Waals surface area contributed by atoms with Crippen LogP contribution in [0, 0.1) is 0 Å². The topological polar surface area (TPSA) is 43.2 Å². The van der Waals surface area contributed by atoms with Gasteiger partial charge in [-0.15, -0.1) is 5.10 Å². The van der Waals surface area contributed by atoms with Gasteiger partial charge in [-0.1, -0.05) is 11.3 Å². The minimum absolute atomic E-state index is 0.841. The Bertz CT molecular complexity index is 516. The van der Waals surface area contributed by atoms with E-state index in [1.165, 1.54) is 5.56 Å². The molecule has 1 aromatic carbocycles. The number of nitrogens with zero attached hydrogens (tertiary/aromatic N) is 4. The Hall–Kier alpha value is -1.46. The molecule has 2 aromatic rings. The van der Waals surface area contributed by atoms with Crippen LogP contribution in [0.1, 0.15) is 5.56 Å². The van der Waals surface area contributed by atoms with Gasteiger partial charge in [-0.25, -0.2) is 4.68 Å². The van der Waals surface area contributed by atoms with E-state index in [1.807, 2.05) is 7.05 Å². The Kier molecular flexibility index (Phi) is 2.78. The first kappa shape index (κ1) is 10.7. The molecule has 0 radical (unpaired) electrons. The van der Waals surface area contributed by atoms with Gasteiger partial charge in [0.05, 0.1) is 18.7 Å². The fourth-order valence-corrected chi connectivity index (χ4v) is 2.20. The summed E-state index contributed by atoms with van der Waals surface area (Å²) in [6, 6.07) is 6.37. The number of benzene rings is 1. The first-order valence-corrected chi connectivity index (χ1v) is 5.91. The molecule has 3 rings (SSSR count). The molecule has 0 unspecified atom stereocenters. The monoisotopic (exact) mass is 232 g/mol. The zero-order valence-electron chi connectivity index (χ0n) is 9.96. The third-order valence-corrected chi connectivity index (χ3v) is 3.18. The lowest BCUT2D eigenvalue weighted by Crippen LogP contribution is -2.35. The van der Waals surface area contributed by atoms with E-state index >= 15 is 0 Å². The normalized spacial score (nSPS) is 17.7. The van der Waals surface area contributed by atoms with E-state index in [9.17, 15) is 0 Å². The molecule has 0 saturated carbocycles. The highest BCUT2D eigenvalue weighted by atomic mass is 16.5. The van der Waals surface area contributed by atoms with Gasteiger partial charge >= 0.3 is 0 Å². The van der Waals surface area contributed by atoms with E-state index in [1.54, 1.807) is 4.68 Å². The van der Waals surface area contributed by atoms with Crippen LogP contribution in [-0.4, -0.2) is 46.2 Å². The Labute approximate surface area is 100.0 Å². The third-order valence-electron chi connectivity index (χ3n) is 3.18. The summed E-state index contributed by atoms with van der Waals surface area (Å²) >= 11 is 0. The van der Waals surface area contributed by atoms with Gasteiger partial charge in [0.1, 0.15) is 5.52 Å². The predicted molar refractivity (Wildman–Crippen MR) is 64.6 cm³/mol. The molecule has 0 bridgehead atoms. The van der Waals surface area contributed by atoms with E-state index in [4.69, 9.17) is 4.74 Å². The molecular weight excluding hydrogens is 216 g/mol. The molecule has 1 saturated heterocycles. The molecule has 0 spiro atoms. The van der Waals surface area contributed by atoms with E-state index in [0.29, 0.717) is 0 Å². The summed E-state index contributed by atoms with van der Waals surface area (Å²) in [5, 5.41) is 8.16. The Balaban J connectivity index is 1.80. The van der Waals surface area contributed by atoms with Crippen LogP contribution in [-0.2, 0) is 18.3 Å². The quantitative estimate of drug-likeness (QED) is 0.768. The van der Waals surface area contributed by atoms with Crippen molar-refractivity contribution in [3.63, 3.8) is 0 Å². The lowest BCUT2D eigenvalue weighted by molar-refractivity contribution is 0.0342. The Morgan fingerprint density at radius 3 is 2.94 bits per heavy atom. The van der Waals surface area contributed by atoms with Crippen molar-refractivity contribution < 1.29 is 4.74 Å². The minimum atomic E-state index is 0.841. The van der Waals surface area contributed by atoms with Crippen LogP contribution in [0.2, 0.25) is 0 Å². The van der Waals surface area contributed by atoms with Crippen molar-refractivity contribution in [3.05, 3.63) is 23.8 Å². The number of hydrogen-bond donors (Lipinski definition) is 0. The van der Waals surface area contributed by atoms with Gasteiger partial charge in [-0.2, -0.15) is 0 Å². The molecule has 0 amide bonds. The van der Waals surface area contributed by atoms with Crippen LogP contribution >= 0.6 is 0 Å². The highest BCUT2D eigenvalue weighted by Crippen LogP contribution is 2.14. The number of fused-ring (bicyclic) bond motifs is 1. The molecule has 0 aliphatic carbocycles. The van der Waals surface area contributed by atoms with Crippen molar-refractivity contribution in [2.45, 2.75) is 6.54 Å². The lowest BCUT2D eigenvalue weighted by atomic mass is 10.2. The van der Waals surface area contributed by atoms with Crippen molar-refractivity contribution in [1.29, 1.82) is 0 Å². The molecule has 1 aliphatic rings. The van der Waals surface area contributed by atoms with Crippen LogP contribution in [0.4, 0.5) is 0 Å². The van der Waals surface area contributed by atoms with Gasteiger partial charge in [0.2, 0.25) is 0 Å². The summed E-state index contributed by atoms with van der Waals surface area (Å²) in [5.74, 6) is 0. The third kappa shape index (κ3) is 2.16. The van der Waals surface area contributed by atoms with Crippen molar-refractivity contribution in [2.24, 2.45) is 7.05 Å². The van der Waals surface area contributed by atoms with Gasteiger partial charge < -0.3 is 4.74 Å². The second kappa shape index (κ2) is 4.43. The van der Waals surface area contributed by atoms with Gasteiger partial charge in [-0.05, 0) is 17.7 Å². The molecule has 1 fully saturated rings. The number of hydrogen-bond acceptors (Lipinski definition) is 4. The molecule has 1 aliphatic heterocycles. The zero-order chi connectivity index (χ0) is 11.7. The molecular formula is C12H16N4O. The van der Waals surface area contributed by atoms with E-state index in [2.05, 4.69) is 33.4 Å². The first-order valence-electron chi connectivity index (χ1n) is 5.91. The van der Waals surface area contributed by atoms with E-state index in [0.717, 1.165) is 43.9 Å². The summed E-state index contributed by atoms with van der Waals surface area (Å²) < 4.78 is 7.14. The standard InChI is InChI=1S/C12H16N4O/c1-15-12-3-2-10(8-11(12)13-14-15)9-16-4-6-17-7-5-16/h2-3,8H,4-7,9H2,1H3. The van der Waals surface area contributed by atoms with Gasteiger partial charge in [0.25, 0.3) is 0 Å². The highest BCUT2D eigenvalue weighted by molar-refractivity contribution is 5.74. The SMILES string of the molecule is Cn1nnc2cc(CN3CCOCC3)ccc21. The van der Waals surface area contributed by atoms with Crippen molar-refractivity contribution in [3.8, 4) is 0 Å². The van der Waals surface area contributed by atoms with E-state index in [-0.39, 0.29) is 0 Å². The number of morpholine rings is 1.